The maximum atomic E-state index is 11.7. The van der Waals surface area contributed by atoms with Gasteiger partial charge in [-0.1, -0.05) is 12.1 Å². The number of amides is 1. The third-order valence-corrected chi connectivity index (χ3v) is 2.39. The molecule has 0 aliphatic rings. The number of carbonyl (C=O) groups excluding carboxylic acids is 1. The molecule has 0 fully saturated rings. The molecule has 1 N–H and O–H groups in total. The smallest absolute Gasteiger partial charge is 0.323 e. The number of rotatable bonds is 6. The lowest BCUT2D eigenvalue weighted by Gasteiger charge is -2.14. The highest BCUT2D eigenvalue weighted by Gasteiger charge is 2.12. The van der Waals surface area contributed by atoms with Crippen LogP contribution in [0.25, 0.3) is 0 Å². The standard InChI is InChI=1S/C13H17NO4/c1-3-18-11-6-4-10(5-7-11)8-12(15)14(2)9-13(16)17/h4-7H,3,8-9H2,1-2H3,(H,16,17). The van der Waals surface area contributed by atoms with Crippen LogP contribution in [0.2, 0.25) is 0 Å². The molecule has 0 spiro atoms. The molecule has 18 heavy (non-hydrogen) atoms. The molecule has 0 bridgehead atoms. The van der Waals surface area contributed by atoms with Gasteiger partial charge < -0.3 is 14.7 Å². The Balaban J connectivity index is 2.56. The lowest BCUT2D eigenvalue weighted by molar-refractivity contribution is -0.143. The number of carboxylic acid groups (broad SMARTS) is 1. The van der Waals surface area contributed by atoms with Crippen LogP contribution in [0.4, 0.5) is 0 Å². The highest BCUT2D eigenvalue weighted by atomic mass is 16.5. The molecule has 0 aliphatic carbocycles. The monoisotopic (exact) mass is 251 g/mol. The van der Waals surface area contributed by atoms with Gasteiger partial charge in [0, 0.05) is 7.05 Å². The van der Waals surface area contributed by atoms with Crippen molar-refractivity contribution in [2.24, 2.45) is 0 Å². The van der Waals surface area contributed by atoms with Crippen LogP contribution in [-0.2, 0) is 16.0 Å². The van der Waals surface area contributed by atoms with Crippen molar-refractivity contribution >= 4 is 11.9 Å². The quantitative estimate of drug-likeness (QED) is 0.824. The van der Waals surface area contributed by atoms with Crippen molar-refractivity contribution in [2.75, 3.05) is 20.2 Å². The van der Waals surface area contributed by atoms with Gasteiger partial charge in [0.15, 0.2) is 0 Å². The molecule has 0 heterocycles. The first kappa shape index (κ1) is 14.0. The van der Waals surface area contributed by atoms with Crippen molar-refractivity contribution in [3.8, 4) is 5.75 Å². The predicted molar refractivity (Wildman–Crippen MR) is 66.6 cm³/mol. The van der Waals surface area contributed by atoms with E-state index < -0.39 is 5.97 Å². The van der Waals surface area contributed by atoms with Crippen molar-refractivity contribution in [2.45, 2.75) is 13.3 Å². The summed E-state index contributed by atoms with van der Waals surface area (Å²) in [5, 5.41) is 8.58. The van der Waals surface area contributed by atoms with Gasteiger partial charge in [-0.15, -0.1) is 0 Å². The van der Waals surface area contributed by atoms with Gasteiger partial charge in [0.1, 0.15) is 12.3 Å². The lowest BCUT2D eigenvalue weighted by atomic mass is 10.1. The third kappa shape index (κ3) is 4.45. The van der Waals surface area contributed by atoms with Crippen LogP contribution in [0, 0.1) is 0 Å². The fourth-order valence-corrected chi connectivity index (χ4v) is 1.47. The molecule has 0 aliphatic heterocycles. The Morgan fingerprint density at radius 3 is 2.39 bits per heavy atom. The summed E-state index contributed by atoms with van der Waals surface area (Å²) in [5.41, 5.74) is 0.834. The number of hydrogen-bond donors (Lipinski definition) is 1. The van der Waals surface area contributed by atoms with E-state index in [0.29, 0.717) is 6.61 Å². The Morgan fingerprint density at radius 2 is 1.89 bits per heavy atom. The molecule has 0 radical (unpaired) electrons. The van der Waals surface area contributed by atoms with Gasteiger partial charge >= 0.3 is 5.97 Å². The second kappa shape index (κ2) is 6.64. The lowest BCUT2D eigenvalue weighted by Crippen LogP contribution is -2.33. The average molecular weight is 251 g/mol. The molecule has 0 aromatic heterocycles. The molecular formula is C13H17NO4. The van der Waals surface area contributed by atoms with Gasteiger partial charge in [-0.2, -0.15) is 0 Å². The fraction of sp³-hybridized carbons (Fsp3) is 0.385. The largest absolute Gasteiger partial charge is 0.494 e. The van der Waals surface area contributed by atoms with Gasteiger partial charge in [-0.25, -0.2) is 0 Å². The number of benzene rings is 1. The van der Waals surface area contributed by atoms with E-state index in [1.54, 1.807) is 24.3 Å². The Hall–Kier alpha value is -2.04. The molecule has 0 unspecified atom stereocenters. The summed E-state index contributed by atoms with van der Waals surface area (Å²) in [7, 11) is 1.48. The van der Waals surface area contributed by atoms with E-state index in [1.807, 2.05) is 6.92 Å². The van der Waals surface area contributed by atoms with E-state index in [-0.39, 0.29) is 18.9 Å². The van der Waals surface area contributed by atoms with Gasteiger partial charge in [0.25, 0.3) is 0 Å². The van der Waals surface area contributed by atoms with Crippen molar-refractivity contribution in [3.63, 3.8) is 0 Å². The van der Waals surface area contributed by atoms with Crippen LogP contribution < -0.4 is 4.74 Å². The number of nitrogens with zero attached hydrogens (tertiary/aromatic N) is 1. The molecule has 0 atom stereocenters. The Morgan fingerprint density at radius 1 is 1.28 bits per heavy atom. The van der Waals surface area contributed by atoms with E-state index in [4.69, 9.17) is 9.84 Å². The molecule has 5 heteroatoms. The molecule has 98 valence electrons. The maximum Gasteiger partial charge on any atom is 0.323 e. The predicted octanol–water partition coefficient (Wildman–Crippen LogP) is 1.17. The first-order valence-electron chi connectivity index (χ1n) is 5.70. The Bertz CT molecular complexity index is 414. The number of hydrogen-bond acceptors (Lipinski definition) is 3. The number of carbonyl (C=O) groups is 2. The molecule has 1 rings (SSSR count). The zero-order valence-corrected chi connectivity index (χ0v) is 10.5. The minimum absolute atomic E-state index is 0.191. The first-order valence-corrected chi connectivity index (χ1v) is 5.70. The van der Waals surface area contributed by atoms with Gasteiger partial charge in [-0.05, 0) is 24.6 Å². The van der Waals surface area contributed by atoms with Crippen LogP contribution >= 0.6 is 0 Å². The summed E-state index contributed by atoms with van der Waals surface area (Å²) in [6.45, 7) is 2.22. The van der Waals surface area contributed by atoms with E-state index in [2.05, 4.69) is 0 Å². The molecule has 1 aromatic carbocycles. The fourth-order valence-electron chi connectivity index (χ4n) is 1.47. The van der Waals surface area contributed by atoms with Crippen LogP contribution in [0.3, 0.4) is 0 Å². The summed E-state index contributed by atoms with van der Waals surface area (Å²) < 4.78 is 5.29. The zero-order chi connectivity index (χ0) is 13.5. The maximum absolute atomic E-state index is 11.7. The first-order chi connectivity index (χ1) is 8.52. The van der Waals surface area contributed by atoms with Gasteiger partial charge in [-0.3, -0.25) is 9.59 Å². The Kier molecular flexibility index (Phi) is 5.17. The number of aliphatic carboxylic acids is 1. The number of carboxylic acids is 1. The van der Waals surface area contributed by atoms with Crippen LogP contribution in [0.15, 0.2) is 24.3 Å². The van der Waals surface area contributed by atoms with Crippen molar-refractivity contribution in [1.82, 2.24) is 4.90 Å². The van der Waals surface area contributed by atoms with Gasteiger partial charge in [0.2, 0.25) is 5.91 Å². The SMILES string of the molecule is CCOc1ccc(CC(=O)N(C)CC(=O)O)cc1. The zero-order valence-electron chi connectivity index (χ0n) is 10.5. The molecule has 1 amide bonds. The summed E-state index contributed by atoms with van der Waals surface area (Å²) in [6.07, 6.45) is 0.191. The summed E-state index contributed by atoms with van der Waals surface area (Å²) in [4.78, 5) is 23.4. The highest BCUT2D eigenvalue weighted by molar-refractivity contribution is 5.82. The molecule has 1 aromatic rings. The number of likely N-dealkylation sites (N-methyl/N-ethyl adjacent to an activating group) is 1. The summed E-state index contributed by atoms with van der Waals surface area (Å²) in [6, 6.07) is 7.20. The summed E-state index contributed by atoms with van der Waals surface area (Å²) >= 11 is 0. The van der Waals surface area contributed by atoms with Gasteiger partial charge in [0.05, 0.1) is 13.0 Å². The number of ether oxygens (including phenoxy) is 1. The Labute approximate surface area is 106 Å². The van der Waals surface area contributed by atoms with Crippen LogP contribution in [0.5, 0.6) is 5.75 Å². The van der Waals surface area contributed by atoms with Crippen molar-refractivity contribution in [1.29, 1.82) is 0 Å². The second-order valence-corrected chi connectivity index (χ2v) is 3.90. The van der Waals surface area contributed by atoms with E-state index in [1.165, 1.54) is 11.9 Å². The molecule has 5 nitrogen and oxygen atoms in total. The second-order valence-electron chi connectivity index (χ2n) is 3.90. The third-order valence-electron chi connectivity index (χ3n) is 2.39. The van der Waals surface area contributed by atoms with Crippen molar-refractivity contribution < 1.29 is 19.4 Å². The highest BCUT2D eigenvalue weighted by Crippen LogP contribution is 2.12. The van der Waals surface area contributed by atoms with E-state index in [0.717, 1.165) is 11.3 Å². The van der Waals surface area contributed by atoms with Crippen molar-refractivity contribution in [3.05, 3.63) is 29.8 Å². The molecule has 0 saturated carbocycles. The minimum atomic E-state index is -1.02. The molecular weight excluding hydrogens is 234 g/mol. The van der Waals surface area contributed by atoms with Crippen LogP contribution in [0.1, 0.15) is 12.5 Å². The van der Waals surface area contributed by atoms with E-state index >= 15 is 0 Å². The minimum Gasteiger partial charge on any atom is -0.494 e. The average Bonchev–Trinajstić information content (AvgIpc) is 2.31. The van der Waals surface area contributed by atoms with Crippen LogP contribution in [-0.4, -0.2) is 42.1 Å². The topological polar surface area (TPSA) is 66.8 Å². The summed E-state index contributed by atoms with van der Waals surface area (Å²) in [5.74, 6) is -0.480. The van der Waals surface area contributed by atoms with E-state index in [9.17, 15) is 9.59 Å². The molecule has 0 saturated heterocycles. The normalized spacial score (nSPS) is 9.89.